The number of piperidine rings is 1. The third kappa shape index (κ3) is 5.74. The molecule has 154 valence electrons. The van der Waals surface area contributed by atoms with E-state index in [1.165, 1.54) is 6.07 Å². The van der Waals surface area contributed by atoms with Crippen LogP contribution in [0.4, 0.5) is 11.5 Å². The van der Waals surface area contributed by atoms with Crippen molar-refractivity contribution < 1.29 is 9.59 Å². The highest BCUT2D eigenvalue weighted by molar-refractivity contribution is 6.50. The molecular weight excluding hydrogens is 458 g/mol. The van der Waals surface area contributed by atoms with E-state index < -0.39 is 0 Å². The molecule has 0 radical (unpaired) electrons. The van der Waals surface area contributed by atoms with Crippen LogP contribution in [-0.2, 0) is 9.59 Å². The molecule has 0 spiro atoms. The van der Waals surface area contributed by atoms with Gasteiger partial charge in [0.2, 0.25) is 11.8 Å². The van der Waals surface area contributed by atoms with Crippen molar-refractivity contribution >= 4 is 69.7 Å². The maximum Gasteiger partial charge on any atom is 0.238 e. The van der Waals surface area contributed by atoms with E-state index in [0.717, 1.165) is 0 Å². The second-order valence-electron chi connectivity index (χ2n) is 6.65. The maximum absolute atomic E-state index is 12.4. The number of rotatable bonds is 5. The summed E-state index contributed by atoms with van der Waals surface area (Å²) in [6.07, 6.45) is 2.93. The Labute approximate surface area is 188 Å². The van der Waals surface area contributed by atoms with Gasteiger partial charge < -0.3 is 10.6 Å². The number of benzene rings is 1. The van der Waals surface area contributed by atoms with Crippen molar-refractivity contribution in [2.45, 2.75) is 12.8 Å². The number of aromatic nitrogens is 1. The summed E-state index contributed by atoms with van der Waals surface area (Å²) in [6.45, 7) is 1.38. The quantitative estimate of drug-likeness (QED) is 0.597. The fourth-order valence-corrected chi connectivity index (χ4v) is 3.99. The molecule has 0 bridgehead atoms. The molecule has 2 aromatic rings. The number of amides is 2. The second kappa shape index (κ2) is 9.96. The number of hydrogen-bond acceptors (Lipinski definition) is 4. The molecule has 0 saturated carbocycles. The number of halogens is 4. The largest absolute Gasteiger partial charge is 0.322 e. The van der Waals surface area contributed by atoms with Gasteiger partial charge in [0.25, 0.3) is 0 Å². The summed E-state index contributed by atoms with van der Waals surface area (Å²) in [5.41, 5.74) is 0.195. The lowest BCUT2D eigenvalue weighted by atomic mass is 9.96. The average molecular weight is 476 g/mol. The van der Waals surface area contributed by atoms with Crippen molar-refractivity contribution in [3.8, 4) is 0 Å². The second-order valence-corrected chi connectivity index (χ2v) is 8.22. The molecule has 29 heavy (non-hydrogen) atoms. The van der Waals surface area contributed by atoms with Crippen LogP contribution in [-0.4, -0.2) is 41.3 Å². The minimum absolute atomic E-state index is 0.0556. The van der Waals surface area contributed by atoms with E-state index in [0.29, 0.717) is 31.7 Å². The Kier molecular flexibility index (Phi) is 7.60. The Morgan fingerprint density at radius 2 is 1.69 bits per heavy atom. The number of anilines is 2. The summed E-state index contributed by atoms with van der Waals surface area (Å²) in [5, 5.41) is 6.18. The highest BCUT2D eigenvalue weighted by Gasteiger charge is 2.26. The number of carbonyl (C=O) groups excluding carboxylic acids is 2. The Morgan fingerprint density at radius 3 is 2.28 bits per heavy atom. The van der Waals surface area contributed by atoms with Crippen LogP contribution in [0.2, 0.25) is 20.1 Å². The van der Waals surface area contributed by atoms with Gasteiger partial charge in [-0.3, -0.25) is 14.5 Å². The highest BCUT2D eigenvalue weighted by Crippen LogP contribution is 2.41. The van der Waals surface area contributed by atoms with Crippen molar-refractivity contribution in [1.82, 2.24) is 9.88 Å². The zero-order valence-electron chi connectivity index (χ0n) is 15.2. The van der Waals surface area contributed by atoms with E-state index in [9.17, 15) is 9.59 Å². The van der Waals surface area contributed by atoms with Crippen molar-refractivity contribution in [2.24, 2.45) is 5.92 Å². The van der Waals surface area contributed by atoms with Crippen molar-refractivity contribution in [3.05, 3.63) is 50.6 Å². The first-order valence-electron chi connectivity index (χ1n) is 8.92. The van der Waals surface area contributed by atoms with Gasteiger partial charge in [-0.1, -0.05) is 52.5 Å². The van der Waals surface area contributed by atoms with Crippen LogP contribution in [0.3, 0.4) is 0 Å². The number of carbonyl (C=O) groups is 2. The predicted octanol–water partition coefficient (Wildman–Crippen LogP) is 4.98. The predicted molar refractivity (Wildman–Crippen MR) is 117 cm³/mol. The average Bonchev–Trinajstić information content (AvgIpc) is 2.71. The van der Waals surface area contributed by atoms with Crippen LogP contribution < -0.4 is 10.6 Å². The lowest BCUT2D eigenvalue weighted by Crippen LogP contribution is -2.41. The fourth-order valence-electron chi connectivity index (χ4n) is 3.08. The molecule has 0 aliphatic carbocycles. The number of likely N-dealkylation sites (tertiary alicyclic amines) is 1. The molecule has 1 aliphatic rings. The number of hydrogen-bond donors (Lipinski definition) is 2. The highest BCUT2D eigenvalue weighted by atomic mass is 35.5. The smallest absolute Gasteiger partial charge is 0.238 e. The molecule has 0 unspecified atom stereocenters. The minimum atomic E-state index is -0.288. The van der Waals surface area contributed by atoms with Gasteiger partial charge in [0, 0.05) is 12.1 Å². The first kappa shape index (κ1) is 22.1. The van der Waals surface area contributed by atoms with Crippen LogP contribution in [0.15, 0.2) is 30.5 Å². The van der Waals surface area contributed by atoms with E-state index in [-0.39, 0.29) is 50.1 Å². The van der Waals surface area contributed by atoms with Gasteiger partial charge in [-0.25, -0.2) is 4.98 Å². The molecule has 1 aliphatic heterocycles. The summed E-state index contributed by atoms with van der Waals surface area (Å²) < 4.78 is 0. The number of pyridine rings is 1. The minimum Gasteiger partial charge on any atom is -0.322 e. The molecule has 6 nitrogen and oxygen atoms in total. The Bertz CT molecular complexity index is 877. The lowest BCUT2D eigenvalue weighted by Gasteiger charge is -2.30. The number of nitrogens with zero attached hydrogens (tertiary/aromatic N) is 2. The number of nitrogens with one attached hydrogen (secondary N) is 2. The van der Waals surface area contributed by atoms with E-state index in [1.807, 2.05) is 11.0 Å². The van der Waals surface area contributed by atoms with E-state index in [4.69, 9.17) is 46.4 Å². The SMILES string of the molecule is O=C(CN1CCC(C(=O)Nc2ccccn2)CC1)Nc1c(Cl)c(Cl)cc(Cl)c1Cl. The molecule has 1 aromatic heterocycles. The molecule has 2 heterocycles. The Balaban J connectivity index is 1.51. The Morgan fingerprint density at radius 1 is 1.03 bits per heavy atom. The van der Waals surface area contributed by atoms with Crippen LogP contribution in [0.25, 0.3) is 0 Å². The van der Waals surface area contributed by atoms with Crippen molar-refractivity contribution in [3.63, 3.8) is 0 Å². The van der Waals surface area contributed by atoms with E-state index in [1.54, 1.807) is 18.3 Å². The van der Waals surface area contributed by atoms with Gasteiger partial charge >= 0.3 is 0 Å². The standard InChI is InChI=1S/C19H18Cl4N4O2/c20-12-9-13(21)17(23)18(16(12)22)26-15(28)10-27-7-4-11(5-8-27)19(29)25-14-3-1-2-6-24-14/h1-3,6,9,11H,4-5,7-8,10H2,(H,26,28)(H,24,25,29). The molecule has 10 heteroatoms. The summed E-state index contributed by atoms with van der Waals surface area (Å²) in [4.78, 5) is 30.9. The van der Waals surface area contributed by atoms with Gasteiger partial charge in [0.1, 0.15) is 5.82 Å². The van der Waals surface area contributed by atoms with Crippen LogP contribution >= 0.6 is 46.4 Å². The first-order valence-corrected chi connectivity index (χ1v) is 10.4. The molecule has 2 N–H and O–H groups in total. The topological polar surface area (TPSA) is 74.3 Å². The molecule has 0 atom stereocenters. The summed E-state index contributed by atoms with van der Waals surface area (Å²) in [7, 11) is 0. The molecule has 1 aromatic carbocycles. The zero-order valence-corrected chi connectivity index (χ0v) is 18.2. The van der Waals surface area contributed by atoms with E-state index in [2.05, 4.69) is 15.6 Å². The normalized spacial score (nSPS) is 15.2. The summed E-state index contributed by atoms with van der Waals surface area (Å²) >= 11 is 24.2. The maximum atomic E-state index is 12.4. The van der Waals surface area contributed by atoms with Crippen molar-refractivity contribution in [1.29, 1.82) is 0 Å². The molecular formula is C19H18Cl4N4O2. The first-order chi connectivity index (χ1) is 13.8. The fraction of sp³-hybridized carbons (Fsp3) is 0.316. The molecule has 1 fully saturated rings. The van der Waals surface area contributed by atoms with Crippen molar-refractivity contribution in [2.75, 3.05) is 30.3 Å². The molecule has 1 saturated heterocycles. The van der Waals surface area contributed by atoms with Gasteiger partial charge in [0.15, 0.2) is 0 Å². The van der Waals surface area contributed by atoms with Gasteiger partial charge in [0.05, 0.1) is 32.3 Å². The van der Waals surface area contributed by atoms with Gasteiger partial charge in [-0.2, -0.15) is 0 Å². The third-order valence-electron chi connectivity index (χ3n) is 4.62. The van der Waals surface area contributed by atoms with Crippen LogP contribution in [0, 0.1) is 5.92 Å². The lowest BCUT2D eigenvalue weighted by molar-refractivity contribution is -0.121. The van der Waals surface area contributed by atoms with E-state index >= 15 is 0 Å². The third-order valence-corrected chi connectivity index (χ3v) is 6.19. The van der Waals surface area contributed by atoms with Crippen LogP contribution in [0.1, 0.15) is 12.8 Å². The van der Waals surface area contributed by atoms with Gasteiger partial charge in [-0.15, -0.1) is 0 Å². The Hall–Kier alpha value is -1.57. The monoisotopic (exact) mass is 474 g/mol. The van der Waals surface area contributed by atoms with Crippen LogP contribution in [0.5, 0.6) is 0 Å². The summed E-state index contributed by atoms with van der Waals surface area (Å²) in [6, 6.07) is 6.77. The molecule has 2 amide bonds. The summed E-state index contributed by atoms with van der Waals surface area (Å²) in [5.74, 6) is 0.0728. The van der Waals surface area contributed by atoms with Gasteiger partial charge in [-0.05, 0) is 44.1 Å². The molecule has 3 rings (SSSR count). The zero-order chi connectivity index (χ0) is 21.0.